The SMILES string of the molecule is CO/C(N)=C/C=C(\N)n1c(Br)nc2cc(C(F)(F)F)ccc21. The van der Waals surface area contributed by atoms with Crippen molar-refractivity contribution in [1.29, 1.82) is 0 Å². The third-order valence-electron chi connectivity index (χ3n) is 2.85. The number of alkyl halides is 3. The van der Waals surface area contributed by atoms with Gasteiger partial charge in [-0.2, -0.15) is 13.2 Å². The second-order valence-electron chi connectivity index (χ2n) is 4.28. The van der Waals surface area contributed by atoms with E-state index in [1.807, 2.05) is 0 Å². The first-order valence-corrected chi connectivity index (χ1v) is 6.76. The smallest absolute Gasteiger partial charge is 0.416 e. The van der Waals surface area contributed by atoms with Gasteiger partial charge in [0.05, 0.1) is 23.7 Å². The van der Waals surface area contributed by atoms with E-state index in [1.54, 1.807) is 0 Å². The van der Waals surface area contributed by atoms with Gasteiger partial charge in [-0.05, 0) is 40.2 Å². The molecule has 0 unspecified atom stereocenters. The van der Waals surface area contributed by atoms with Gasteiger partial charge in [0.2, 0.25) is 0 Å². The zero-order valence-electron chi connectivity index (χ0n) is 11.4. The zero-order chi connectivity index (χ0) is 16.5. The molecule has 0 radical (unpaired) electrons. The third kappa shape index (κ3) is 3.19. The van der Waals surface area contributed by atoms with Crippen molar-refractivity contribution in [3.8, 4) is 0 Å². The molecule has 2 aromatic rings. The molecule has 0 spiro atoms. The number of aromatic nitrogens is 2. The summed E-state index contributed by atoms with van der Waals surface area (Å²) in [6.45, 7) is 0. The molecule has 0 saturated heterocycles. The van der Waals surface area contributed by atoms with E-state index in [0.717, 1.165) is 12.1 Å². The Morgan fingerprint density at radius 2 is 2.00 bits per heavy atom. The lowest BCUT2D eigenvalue weighted by atomic mass is 10.2. The Morgan fingerprint density at radius 1 is 1.32 bits per heavy atom. The topological polar surface area (TPSA) is 79.1 Å². The maximum atomic E-state index is 12.7. The molecule has 1 aromatic carbocycles. The molecule has 4 N–H and O–H groups in total. The summed E-state index contributed by atoms with van der Waals surface area (Å²) in [4.78, 5) is 4.03. The summed E-state index contributed by atoms with van der Waals surface area (Å²) in [6.07, 6.45) is -1.54. The minimum absolute atomic E-state index is 0.142. The lowest BCUT2D eigenvalue weighted by Crippen LogP contribution is -2.07. The second kappa shape index (κ2) is 5.91. The first-order valence-electron chi connectivity index (χ1n) is 5.96. The number of rotatable bonds is 3. The normalized spacial score (nSPS) is 13.7. The molecule has 5 nitrogen and oxygen atoms in total. The molecule has 0 saturated carbocycles. The summed E-state index contributed by atoms with van der Waals surface area (Å²) >= 11 is 3.18. The summed E-state index contributed by atoms with van der Waals surface area (Å²) in [6, 6.07) is 3.24. The number of fused-ring (bicyclic) bond motifs is 1. The van der Waals surface area contributed by atoms with Crippen molar-refractivity contribution in [2.75, 3.05) is 7.11 Å². The molecule has 0 bridgehead atoms. The van der Waals surface area contributed by atoms with Crippen LogP contribution in [0.1, 0.15) is 5.56 Å². The lowest BCUT2D eigenvalue weighted by Gasteiger charge is -2.08. The third-order valence-corrected chi connectivity index (χ3v) is 3.39. The number of allylic oxidation sites excluding steroid dienone is 2. The van der Waals surface area contributed by atoms with Gasteiger partial charge in [0.1, 0.15) is 5.82 Å². The van der Waals surface area contributed by atoms with Gasteiger partial charge in [-0.1, -0.05) is 0 Å². The van der Waals surface area contributed by atoms with Gasteiger partial charge < -0.3 is 16.2 Å². The van der Waals surface area contributed by atoms with Crippen LogP contribution >= 0.6 is 15.9 Å². The maximum Gasteiger partial charge on any atom is 0.416 e. The molecule has 0 aliphatic carbocycles. The quantitative estimate of drug-likeness (QED) is 0.637. The minimum atomic E-state index is -4.43. The van der Waals surface area contributed by atoms with Crippen molar-refractivity contribution in [2.45, 2.75) is 6.18 Å². The zero-order valence-corrected chi connectivity index (χ0v) is 12.9. The van der Waals surface area contributed by atoms with E-state index in [1.165, 1.54) is 29.9 Å². The second-order valence-corrected chi connectivity index (χ2v) is 4.99. The van der Waals surface area contributed by atoms with Gasteiger partial charge >= 0.3 is 6.18 Å². The highest BCUT2D eigenvalue weighted by molar-refractivity contribution is 9.10. The van der Waals surface area contributed by atoms with Crippen LogP contribution in [-0.2, 0) is 10.9 Å². The number of halogens is 4. The van der Waals surface area contributed by atoms with E-state index in [9.17, 15) is 13.2 Å². The molecule has 0 atom stereocenters. The van der Waals surface area contributed by atoms with Crippen LogP contribution in [0.15, 0.2) is 41.0 Å². The monoisotopic (exact) mass is 376 g/mol. The number of nitrogens with two attached hydrogens (primary N) is 2. The van der Waals surface area contributed by atoms with Crippen LogP contribution in [0, 0.1) is 0 Å². The van der Waals surface area contributed by atoms with Gasteiger partial charge in [0, 0.05) is 6.08 Å². The molecule has 9 heteroatoms. The Bertz CT molecular complexity index is 764. The number of methoxy groups -OCH3 is 1. The summed E-state index contributed by atoms with van der Waals surface area (Å²) in [7, 11) is 1.40. The lowest BCUT2D eigenvalue weighted by molar-refractivity contribution is -0.137. The Morgan fingerprint density at radius 3 is 2.59 bits per heavy atom. The Hall–Kier alpha value is -2.16. The van der Waals surface area contributed by atoms with Crippen molar-refractivity contribution >= 4 is 32.8 Å². The molecule has 0 aliphatic rings. The van der Waals surface area contributed by atoms with Crippen LogP contribution < -0.4 is 11.5 Å². The van der Waals surface area contributed by atoms with Crippen molar-refractivity contribution in [3.05, 3.63) is 46.5 Å². The van der Waals surface area contributed by atoms with Gasteiger partial charge in [-0.25, -0.2) is 4.98 Å². The van der Waals surface area contributed by atoms with Crippen molar-refractivity contribution in [1.82, 2.24) is 9.55 Å². The number of hydrogen-bond acceptors (Lipinski definition) is 4. The van der Waals surface area contributed by atoms with Crippen LogP contribution in [0.25, 0.3) is 16.9 Å². The number of imidazole rings is 1. The van der Waals surface area contributed by atoms with Crippen molar-refractivity contribution < 1.29 is 17.9 Å². The van der Waals surface area contributed by atoms with E-state index in [-0.39, 0.29) is 22.0 Å². The molecule has 0 fully saturated rings. The van der Waals surface area contributed by atoms with Crippen molar-refractivity contribution in [2.24, 2.45) is 11.5 Å². The fourth-order valence-corrected chi connectivity index (χ4v) is 2.37. The largest absolute Gasteiger partial charge is 0.483 e. The predicted octanol–water partition coefficient (Wildman–Crippen LogP) is 3.02. The molecular formula is C13H12BrF3N4O. The standard InChI is InChI=1S/C13H12BrF3N4O/c1-22-11(19)5-4-10(18)21-9-3-2-7(13(15,16)17)6-8(9)20-12(21)14/h2-6H,18-19H2,1H3/b10-4+,11-5+. The van der Waals surface area contributed by atoms with E-state index in [0.29, 0.717) is 5.52 Å². The highest BCUT2D eigenvalue weighted by atomic mass is 79.9. The Labute approximate surface area is 132 Å². The van der Waals surface area contributed by atoms with Crippen LogP contribution in [0.5, 0.6) is 0 Å². The van der Waals surface area contributed by atoms with Crippen LogP contribution in [0.4, 0.5) is 13.2 Å². The maximum absolute atomic E-state index is 12.7. The molecule has 0 aliphatic heterocycles. The first-order chi connectivity index (χ1) is 10.2. The van der Waals surface area contributed by atoms with Gasteiger partial charge in [-0.15, -0.1) is 0 Å². The van der Waals surface area contributed by atoms with E-state index < -0.39 is 11.7 Å². The minimum Gasteiger partial charge on any atom is -0.483 e. The van der Waals surface area contributed by atoms with Crippen LogP contribution in [-0.4, -0.2) is 16.7 Å². The summed E-state index contributed by atoms with van der Waals surface area (Å²) < 4.78 is 44.6. The van der Waals surface area contributed by atoms with Gasteiger partial charge in [-0.3, -0.25) is 4.57 Å². The predicted molar refractivity (Wildman–Crippen MR) is 80.2 cm³/mol. The molecule has 2 rings (SSSR count). The van der Waals surface area contributed by atoms with E-state index in [4.69, 9.17) is 16.2 Å². The average Bonchev–Trinajstić information content (AvgIpc) is 2.78. The molecule has 0 amide bonds. The molecule has 1 aromatic heterocycles. The number of hydrogen-bond donors (Lipinski definition) is 2. The number of benzene rings is 1. The van der Waals surface area contributed by atoms with Crippen LogP contribution in [0.2, 0.25) is 0 Å². The number of ether oxygens (including phenoxy) is 1. The fraction of sp³-hybridized carbons (Fsp3) is 0.154. The molecular weight excluding hydrogens is 365 g/mol. The van der Waals surface area contributed by atoms with Crippen molar-refractivity contribution in [3.63, 3.8) is 0 Å². The average molecular weight is 377 g/mol. The summed E-state index contributed by atoms with van der Waals surface area (Å²) in [5.41, 5.74) is 11.2. The highest BCUT2D eigenvalue weighted by Crippen LogP contribution is 2.32. The van der Waals surface area contributed by atoms with E-state index in [2.05, 4.69) is 20.9 Å². The molecule has 1 heterocycles. The first kappa shape index (κ1) is 16.2. The highest BCUT2D eigenvalue weighted by Gasteiger charge is 2.31. The van der Waals surface area contributed by atoms with Crippen LogP contribution in [0.3, 0.4) is 0 Å². The molecule has 22 heavy (non-hydrogen) atoms. The van der Waals surface area contributed by atoms with Gasteiger partial charge in [0.15, 0.2) is 10.6 Å². The van der Waals surface area contributed by atoms with Gasteiger partial charge in [0.25, 0.3) is 0 Å². The number of nitrogens with zero attached hydrogens (tertiary/aromatic N) is 2. The Kier molecular flexibility index (Phi) is 4.36. The molecule has 118 valence electrons. The van der Waals surface area contributed by atoms with E-state index >= 15 is 0 Å². The fourth-order valence-electron chi connectivity index (χ4n) is 1.78. The summed E-state index contributed by atoms with van der Waals surface area (Å²) in [5.74, 6) is 0.358. The summed E-state index contributed by atoms with van der Waals surface area (Å²) in [5, 5.41) is 0. The Balaban J connectivity index is 2.54.